The van der Waals surface area contributed by atoms with Gasteiger partial charge in [-0.05, 0) is 57.8 Å². The number of hydrogen-bond donors (Lipinski definition) is 12. The molecular weight excluding hydrogens is 1120 g/mol. The van der Waals surface area contributed by atoms with Gasteiger partial charge in [-0.15, -0.1) is 0 Å². The monoisotopic (exact) mass is 1240 g/mol. The molecule has 19 heteroatoms. The van der Waals surface area contributed by atoms with Crippen molar-refractivity contribution in [3.8, 4) is 0 Å². The minimum atomic E-state index is -1.98. The van der Waals surface area contributed by atoms with Crippen LogP contribution in [0.2, 0.25) is 0 Å². The Kier molecular flexibility index (Phi) is 46.0. The molecule has 0 bridgehead atoms. The summed E-state index contributed by atoms with van der Waals surface area (Å²) in [4.78, 5) is 13.3. The van der Waals surface area contributed by atoms with Crippen LogP contribution in [0.1, 0.15) is 258 Å². The smallest absolute Gasteiger partial charge is 0.220 e. The molecule has 17 atom stereocenters. The lowest BCUT2D eigenvalue weighted by Crippen LogP contribution is -2.66. The van der Waals surface area contributed by atoms with E-state index in [1.165, 1.54) is 167 Å². The summed E-state index contributed by atoms with van der Waals surface area (Å²) >= 11 is 0. The number of carbonyl (C=O) groups is 1. The first-order chi connectivity index (χ1) is 42.3. The largest absolute Gasteiger partial charge is 0.394 e. The second-order valence-corrected chi connectivity index (χ2v) is 25.0. The average molecular weight is 1240 g/mol. The third kappa shape index (κ3) is 32.9. The SMILES string of the molecule is CCCCCCC/C=C\CCCCCCCC(=O)NC(COC1OC(CO)C(OC2OC(CO)C(OC3OC(CO)C(O)C(O)C3O)C(O)C2O)C(O)C1O)C(O)/C=C/CC/C=C/CCCCCCCCCCCCCCCCCCCCCCCC. The third-order valence-electron chi connectivity index (χ3n) is 17.4. The number of allylic oxidation sites excluding steroid dienone is 5. The van der Waals surface area contributed by atoms with Crippen LogP contribution < -0.4 is 5.32 Å². The van der Waals surface area contributed by atoms with Gasteiger partial charge in [0.1, 0.15) is 73.2 Å². The molecule has 510 valence electrons. The van der Waals surface area contributed by atoms with E-state index in [0.717, 1.165) is 57.8 Å². The van der Waals surface area contributed by atoms with Crippen molar-refractivity contribution in [1.82, 2.24) is 5.32 Å². The zero-order chi connectivity index (χ0) is 63.3. The van der Waals surface area contributed by atoms with Gasteiger partial charge in [0.15, 0.2) is 18.9 Å². The molecule has 19 nitrogen and oxygen atoms in total. The highest BCUT2D eigenvalue weighted by Crippen LogP contribution is 2.33. The second-order valence-electron chi connectivity index (χ2n) is 25.0. The van der Waals surface area contributed by atoms with Crippen LogP contribution in [0.3, 0.4) is 0 Å². The van der Waals surface area contributed by atoms with Crippen LogP contribution in [0.25, 0.3) is 0 Å². The molecule has 1 amide bonds. The number of aliphatic hydroxyl groups excluding tert-OH is 11. The van der Waals surface area contributed by atoms with E-state index in [-0.39, 0.29) is 18.9 Å². The van der Waals surface area contributed by atoms with Gasteiger partial charge in [-0.3, -0.25) is 4.79 Å². The molecule has 3 saturated heterocycles. The quantitative estimate of drug-likeness (QED) is 0.0200. The van der Waals surface area contributed by atoms with Crippen LogP contribution in [-0.4, -0.2) is 193 Å². The van der Waals surface area contributed by atoms with Crippen molar-refractivity contribution in [3.63, 3.8) is 0 Å². The van der Waals surface area contributed by atoms with Gasteiger partial charge in [0.25, 0.3) is 0 Å². The Bertz CT molecular complexity index is 1720. The topological polar surface area (TPSA) is 307 Å². The molecule has 0 aromatic heterocycles. The van der Waals surface area contributed by atoms with E-state index in [9.17, 15) is 61.0 Å². The summed E-state index contributed by atoms with van der Waals surface area (Å²) in [5.74, 6) is -0.293. The standard InChI is InChI=1S/C68H125NO18/c1-3-5-7-9-11-13-15-17-19-20-21-22-23-24-25-26-27-28-29-30-31-32-33-35-37-39-41-43-45-52(73)51(69-56(74)46-44-42-40-38-36-34-18-16-14-12-10-8-6-4-2)50-82-66-62(80)59(77)64(54(48-71)84-66)87-68-63(81)60(78)65(55(49-72)85-68)86-67-61(79)58(76)57(75)53(47-70)83-67/h16,18,35,37,43,45,51-55,57-68,70-73,75-81H,3-15,17,19-34,36,38-42,44,46-50H2,1-2H3,(H,69,74)/b18-16-,37-35+,45-43+. The average Bonchev–Trinajstić information content (AvgIpc) is 2.96. The lowest BCUT2D eigenvalue weighted by atomic mass is 9.96. The highest BCUT2D eigenvalue weighted by molar-refractivity contribution is 5.76. The summed E-state index contributed by atoms with van der Waals surface area (Å²) in [6.07, 6.45) is 31.4. The fourth-order valence-corrected chi connectivity index (χ4v) is 11.7. The van der Waals surface area contributed by atoms with Crippen molar-refractivity contribution in [2.24, 2.45) is 0 Å². The lowest BCUT2D eigenvalue weighted by molar-refractivity contribution is -0.379. The molecule has 87 heavy (non-hydrogen) atoms. The van der Waals surface area contributed by atoms with Gasteiger partial charge in [-0.25, -0.2) is 0 Å². The van der Waals surface area contributed by atoms with Gasteiger partial charge in [-0.1, -0.05) is 230 Å². The predicted molar refractivity (Wildman–Crippen MR) is 337 cm³/mol. The summed E-state index contributed by atoms with van der Waals surface area (Å²) in [5, 5.41) is 120. The van der Waals surface area contributed by atoms with Crippen molar-refractivity contribution in [1.29, 1.82) is 0 Å². The normalized spacial score (nSPS) is 28.8. The fourth-order valence-electron chi connectivity index (χ4n) is 11.7. The highest BCUT2D eigenvalue weighted by atomic mass is 16.8. The van der Waals surface area contributed by atoms with Crippen LogP contribution in [-0.2, 0) is 33.2 Å². The molecule has 12 N–H and O–H groups in total. The van der Waals surface area contributed by atoms with E-state index >= 15 is 0 Å². The fraction of sp³-hybridized carbons (Fsp3) is 0.897. The summed E-state index contributed by atoms with van der Waals surface area (Å²) in [7, 11) is 0. The van der Waals surface area contributed by atoms with Crippen molar-refractivity contribution < 1.29 is 89.4 Å². The minimum absolute atomic E-state index is 0.226. The van der Waals surface area contributed by atoms with Crippen LogP contribution in [0.15, 0.2) is 36.5 Å². The van der Waals surface area contributed by atoms with Crippen molar-refractivity contribution in [3.05, 3.63) is 36.5 Å². The van der Waals surface area contributed by atoms with Gasteiger partial charge in [0, 0.05) is 6.42 Å². The summed E-state index contributed by atoms with van der Waals surface area (Å²) in [5.41, 5.74) is 0. The predicted octanol–water partition coefficient (Wildman–Crippen LogP) is 8.83. The number of unbranched alkanes of at least 4 members (excludes halogenated alkanes) is 33. The Labute approximate surface area is 523 Å². The van der Waals surface area contributed by atoms with Crippen molar-refractivity contribution in [2.45, 2.75) is 362 Å². The highest BCUT2D eigenvalue weighted by Gasteiger charge is 2.53. The number of hydrogen-bond acceptors (Lipinski definition) is 18. The summed E-state index contributed by atoms with van der Waals surface area (Å²) in [6.45, 7) is 1.71. The molecule has 3 aliphatic heterocycles. The molecule has 0 saturated carbocycles. The molecule has 0 aromatic rings. The van der Waals surface area contributed by atoms with Crippen LogP contribution in [0, 0.1) is 0 Å². The van der Waals surface area contributed by atoms with E-state index in [2.05, 4.69) is 43.5 Å². The summed E-state index contributed by atoms with van der Waals surface area (Å²) in [6, 6.07) is -0.994. The lowest BCUT2D eigenvalue weighted by Gasteiger charge is -2.48. The zero-order valence-corrected chi connectivity index (χ0v) is 53.8. The van der Waals surface area contributed by atoms with Crippen molar-refractivity contribution >= 4 is 5.91 Å². The second kappa shape index (κ2) is 50.6. The molecule has 0 aliphatic carbocycles. The minimum Gasteiger partial charge on any atom is -0.394 e. The first kappa shape index (κ1) is 79.2. The Morgan fingerprint density at radius 3 is 1.15 bits per heavy atom. The zero-order valence-electron chi connectivity index (χ0n) is 53.8. The maximum absolute atomic E-state index is 13.3. The van der Waals surface area contributed by atoms with Gasteiger partial charge in [-0.2, -0.15) is 0 Å². The molecule has 0 spiro atoms. The number of nitrogens with one attached hydrogen (secondary N) is 1. The van der Waals surface area contributed by atoms with Gasteiger partial charge in [0.05, 0.1) is 38.6 Å². The molecule has 3 aliphatic rings. The van der Waals surface area contributed by atoms with E-state index in [4.69, 9.17) is 28.4 Å². The number of rotatable bonds is 53. The van der Waals surface area contributed by atoms with Gasteiger partial charge < -0.3 is 89.9 Å². The first-order valence-electron chi connectivity index (χ1n) is 34.7. The van der Waals surface area contributed by atoms with Gasteiger partial charge >= 0.3 is 0 Å². The molecule has 3 fully saturated rings. The molecule has 0 aromatic carbocycles. The van der Waals surface area contributed by atoms with Crippen LogP contribution >= 0.6 is 0 Å². The molecule has 3 rings (SSSR count). The van der Waals surface area contributed by atoms with E-state index in [1.54, 1.807) is 6.08 Å². The van der Waals surface area contributed by atoms with E-state index in [1.807, 2.05) is 6.08 Å². The van der Waals surface area contributed by atoms with E-state index in [0.29, 0.717) is 12.8 Å². The molecule has 3 heterocycles. The maximum Gasteiger partial charge on any atom is 0.220 e. The molecular formula is C68H125NO18. The van der Waals surface area contributed by atoms with E-state index < -0.39 is 124 Å². The summed E-state index contributed by atoms with van der Waals surface area (Å²) < 4.78 is 34.3. The van der Waals surface area contributed by atoms with Crippen LogP contribution in [0.5, 0.6) is 0 Å². The number of carbonyl (C=O) groups excluding carboxylic acids is 1. The Balaban J connectivity index is 1.43. The number of ether oxygens (including phenoxy) is 6. The molecule has 0 radical (unpaired) electrons. The van der Waals surface area contributed by atoms with Crippen molar-refractivity contribution in [2.75, 3.05) is 26.4 Å². The van der Waals surface area contributed by atoms with Gasteiger partial charge in [0.2, 0.25) is 5.91 Å². The molecule has 17 unspecified atom stereocenters. The Morgan fingerprint density at radius 1 is 0.402 bits per heavy atom. The maximum atomic E-state index is 13.3. The number of amides is 1. The first-order valence-corrected chi connectivity index (χ1v) is 34.7. The Hall–Kier alpha value is -1.99. The third-order valence-corrected chi connectivity index (χ3v) is 17.4. The van der Waals surface area contributed by atoms with Crippen LogP contribution in [0.4, 0.5) is 0 Å². The number of aliphatic hydroxyl groups is 11. The Morgan fingerprint density at radius 2 is 0.736 bits per heavy atom.